The molecule has 0 bridgehead atoms. The summed E-state index contributed by atoms with van der Waals surface area (Å²) in [6.45, 7) is -0.0682. The van der Waals surface area contributed by atoms with Gasteiger partial charge in [-0.1, -0.05) is 30.3 Å². The number of benzene rings is 1. The lowest BCUT2D eigenvalue weighted by atomic mass is 10.2. The zero-order valence-electron chi connectivity index (χ0n) is 8.62. The lowest BCUT2D eigenvalue weighted by Gasteiger charge is -2.03. The summed E-state index contributed by atoms with van der Waals surface area (Å²) in [6.07, 6.45) is 1.29. The molecule has 0 fully saturated rings. The van der Waals surface area contributed by atoms with Crippen molar-refractivity contribution >= 4 is 5.97 Å². The van der Waals surface area contributed by atoms with E-state index < -0.39 is 0 Å². The van der Waals surface area contributed by atoms with E-state index in [-0.39, 0.29) is 12.6 Å². The second-order valence-electron chi connectivity index (χ2n) is 3.29. The van der Waals surface area contributed by atoms with Crippen molar-refractivity contribution in [3.05, 3.63) is 35.9 Å². The van der Waals surface area contributed by atoms with Gasteiger partial charge in [-0.3, -0.25) is 9.18 Å². The summed E-state index contributed by atoms with van der Waals surface area (Å²) in [4.78, 5) is 11.1. The Morgan fingerprint density at radius 3 is 2.60 bits per heavy atom. The average molecular weight is 210 g/mol. The number of alkyl halides is 1. The molecule has 0 aliphatic rings. The van der Waals surface area contributed by atoms with Crippen molar-refractivity contribution in [2.24, 2.45) is 0 Å². The van der Waals surface area contributed by atoms with Crippen molar-refractivity contribution in [1.82, 2.24) is 0 Å². The van der Waals surface area contributed by atoms with Gasteiger partial charge in [0.2, 0.25) is 0 Å². The topological polar surface area (TPSA) is 26.3 Å². The monoisotopic (exact) mass is 210 g/mol. The second kappa shape index (κ2) is 6.98. The van der Waals surface area contributed by atoms with Crippen molar-refractivity contribution in [3.8, 4) is 0 Å². The molecule has 0 saturated heterocycles. The molecule has 0 saturated carbocycles. The average Bonchev–Trinajstić information content (AvgIpc) is 2.28. The fourth-order valence-corrected chi connectivity index (χ4v) is 1.17. The molecule has 0 aromatic heterocycles. The van der Waals surface area contributed by atoms with Gasteiger partial charge in [0.05, 0.1) is 6.67 Å². The van der Waals surface area contributed by atoms with Gasteiger partial charge in [0.15, 0.2) is 0 Å². The van der Waals surface area contributed by atoms with Crippen LogP contribution >= 0.6 is 0 Å². The molecule has 0 radical (unpaired) electrons. The Balaban J connectivity index is 2.17. The summed E-state index contributed by atoms with van der Waals surface area (Å²) >= 11 is 0. The predicted molar refractivity (Wildman–Crippen MR) is 56.1 cm³/mol. The van der Waals surface area contributed by atoms with Crippen LogP contribution in [0.2, 0.25) is 0 Å². The molecule has 3 heteroatoms. The summed E-state index contributed by atoms with van der Waals surface area (Å²) in [5, 5.41) is 0. The van der Waals surface area contributed by atoms with Gasteiger partial charge in [-0.25, -0.2) is 0 Å². The number of esters is 1. The van der Waals surface area contributed by atoms with E-state index in [4.69, 9.17) is 4.74 Å². The summed E-state index contributed by atoms with van der Waals surface area (Å²) in [7, 11) is 0. The maximum Gasteiger partial charge on any atom is 0.306 e. The van der Waals surface area contributed by atoms with Crippen LogP contribution in [0.4, 0.5) is 4.39 Å². The van der Waals surface area contributed by atoms with Gasteiger partial charge >= 0.3 is 5.97 Å². The lowest BCUT2D eigenvalue weighted by Crippen LogP contribution is -2.04. The van der Waals surface area contributed by atoms with Crippen LogP contribution in [0.15, 0.2) is 30.3 Å². The molecule has 1 aromatic rings. The lowest BCUT2D eigenvalue weighted by molar-refractivity contribution is -0.145. The van der Waals surface area contributed by atoms with Gasteiger partial charge in [0, 0.05) is 6.42 Å². The van der Waals surface area contributed by atoms with Crippen LogP contribution in [0.5, 0.6) is 0 Å². The van der Waals surface area contributed by atoms with Crippen LogP contribution in [-0.4, -0.2) is 12.6 Å². The minimum Gasteiger partial charge on any atom is -0.461 e. The Kier molecular flexibility index (Phi) is 5.44. The van der Waals surface area contributed by atoms with Crippen LogP contribution in [0.3, 0.4) is 0 Å². The number of carbonyl (C=O) groups excluding carboxylic acids is 1. The molecule has 0 N–H and O–H groups in total. The fourth-order valence-electron chi connectivity index (χ4n) is 1.17. The molecule has 2 nitrogen and oxygen atoms in total. The Morgan fingerprint density at radius 2 is 1.93 bits per heavy atom. The van der Waals surface area contributed by atoms with E-state index in [1.807, 2.05) is 30.3 Å². The number of carbonyl (C=O) groups is 1. The highest BCUT2D eigenvalue weighted by Gasteiger charge is 2.02. The van der Waals surface area contributed by atoms with Crippen molar-refractivity contribution in [2.45, 2.75) is 25.9 Å². The van der Waals surface area contributed by atoms with Crippen LogP contribution in [0.1, 0.15) is 24.8 Å². The maximum absolute atomic E-state index is 11.7. The quantitative estimate of drug-likeness (QED) is 0.533. The third-order valence-corrected chi connectivity index (χ3v) is 2.01. The van der Waals surface area contributed by atoms with E-state index in [0.717, 1.165) is 5.56 Å². The fraction of sp³-hybridized carbons (Fsp3) is 0.417. The highest BCUT2D eigenvalue weighted by Crippen LogP contribution is 2.03. The van der Waals surface area contributed by atoms with Gasteiger partial charge in [-0.05, 0) is 18.4 Å². The van der Waals surface area contributed by atoms with E-state index >= 15 is 0 Å². The SMILES string of the molecule is O=C(CCCCF)OCc1ccccc1. The minimum atomic E-state index is -0.369. The molecule has 0 spiro atoms. The Labute approximate surface area is 89.1 Å². The summed E-state index contributed by atoms with van der Waals surface area (Å²) in [5.74, 6) is -0.257. The predicted octanol–water partition coefficient (Wildman–Crippen LogP) is 2.87. The van der Waals surface area contributed by atoms with E-state index in [1.54, 1.807) is 0 Å². The molecular weight excluding hydrogens is 195 g/mol. The molecule has 0 unspecified atom stereocenters. The Bertz CT molecular complexity index is 285. The summed E-state index contributed by atoms with van der Waals surface area (Å²) in [5.41, 5.74) is 0.969. The van der Waals surface area contributed by atoms with Gasteiger partial charge < -0.3 is 4.74 Å². The molecule has 15 heavy (non-hydrogen) atoms. The maximum atomic E-state index is 11.7. The molecule has 0 amide bonds. The number of hydrogen-bond acceptors (Lipinski definition) is 2. The van der Waals surface area contributed by atoms with E-state index in [2.05, 4.69) is 0 Å². The van der Waals surface area contributed by atoms with E-state index in [1.165, 1.54) is 0 Å². The number of rotatable bonds is 6. The van der Waals surface area contributed by atoms with Gasteiger partial charge in [0.25, 0.3) is 0 Å². The third kappa shape index (κ3) is 5.15. The molecule has 0 atom stereocenters. The first kappa shape index (κ1) is 11.7. The van der Waals surface area contributed by atoms with Crippen molar-refractivity contribution in [3.63, 3.8) is 0 Å². The van der Waals surface area contributed by atoms with E-state index in [9.17, 15) is 9.18 Å². The first-order valence-corrected chi connectivity index (χ1v) is 5.08. The van der Waals surface area contributed by atoms with Gasteiger partial charge in [-0.15, -0.1) is 0 Å². The van der Waals surface area contributed by atoms with Crippen molar-refractivity contribution in [2.75, 3.05) is 6.67 Å². The third-order valence-electron chi connectivity index (χ3n) is 2.01. The molecular formula is C12H15FO2. The number of hydrogen-bond donors (Lipinski definition) is 0. The minimum absolute atomic E-state index is 0.257. The largest absolute Gasteiger partial charge is 0.461 e. The highest BCUT2D eigenvalue weighted by atomic mass is 19.1. The second-order valence-corrected chi connectivity index (χ2v) is 3.29. The van der Waals surface area contributed by atoms with Gasteiger partial charge in [-0.2, -0.15) is 0 Å². The van der Waals surface area contributed by atoms with Crippen LogP contribution in [0, 0.1) is 0 Å². The Hall–Kier alpha value is -1.38. The Morgan fingerprint density at radius 1 is 1.20 bits per heavy atom. The molecule has 0 aliphatic carbocycles. The van der Waals surface area contributed by atoms with Crippen LogP contribution in [0.25, 0.3) is 0 Å². The molecule has 0 heterocycles. The highest BCUT2D eigenvalue weighted by molar-refractivity contribution is 5.69. The van der Waals surface area contributed by atoms with E-state index in [0.29, 0.717) is 25.9 Å². The first-order chi connectivity index (χ1) is 7.33. The summed E-state index contributed by atoms with van der Waals surface area (Å²) < 4.78 is 16.8. The standard InChI is InChI=1S/C12H15FO2/c13-9-5-4-8-12(14)15-10-11-6-2-1-3-7-11/h1-3,6-7H,4-5,8-10H2. The normalized spacial score (nSPS) is 9.93. The summed E-state index contributed by atoms with van der Waals surface area (Å²) in [6, 6.07) is 9.49. The molecule has 82 valence electrons. The zero-order chi connectivity index (χ0) is 10.9. The van der Waals surface area contributed by atoms with Gasteiger partial charge in [0.1, 0.15) is 6.61 Å². The smallest absolute Gasteiger partial charge is 0.306 e. The zero-order valence-corrected chi connectivity index (χ0v) is 8.62. The number of halogens is 1. The van der Waals surface area contributed by atoms with Crippen molar-refractivity contribution < 1.29 is 13.9 Å². The molecule has 0 aliphatic heterocycles. The van der Waals surface area contributed by atoms with Crippen LogP contribution in [-0.2, 0) is 16.1 Å². The van der Waals surface area contributed by atoms with Crippen molar-refractivity contribution in [1.29, 1.82) is 0 Å². The first-order valence-electron chi connectivity index (χ1n) is 5.08. The van der Waals surface area contributed by atoms with Crippen LogP contribution < -0.4 is 0 Å². The number of unbranched alkanes of at least 4 members (excludes halogenated alkanes) is 1. The number of ether oxygens (including phenoxy) is 1. The molecule has 1 rings (SSSR count). The molecule has 1 aromatic carbocycles.